The summed E-state index contributed by atoms with van der Waals surface area (Å²) >= 11 is 0. The van der Waals surface area contributed by atoms with E-state index in [1.54, 1.807) is 0 Å². The average Bonchev–Trinajstić information content (AvgIpc) is 3.29. The number of hydrogen-bond donors (Lipinski definition) is 2. The van der Waals surface area contributed by atoms with Crippen LogP contribution in [0, 0.1) is 0 Å². The first-order valence-corrected chi connectivity index (χ1v) is 10.5. The molecular weight excluding hydrogens is 419 g/mol. The number of aromatic nitrogens is 2. The highest BCUT2D eigenvalue weighted by Gasteiger charge is 2.40. The van der Waals surface area contributed by atoms with E-state index in [4.69, 9.17) is 4.84 Å². The van der Waals surface area contributed by atoms with E-state index in [9.17, 15) is 13.2 Å². The molecule has 3 aromatic rings. The number of nitrogens with zero attached hydrogens (tertiary/aromatic N) is 3. The van der Waals surface area contributed by atoms with Gasteiger partial charge in [0.25, 0.3) is 0 Å². The van der Waals surface area contributed by atoms with E-state index in [2.05, 4.69) is 20.6 Å². The van der Waals surface area contributed by atoms with Crippen LogP contribution in [0.15, 0.2) is 54.7 Å². The zero-order valence-electron chi connectivity index (χ0n) is 17.2. The van der Waals surface area contributed by atoms with Crippen molar-refractivity contribution in [1.29, 1.82) is 0 Å². The topological polar surface area (TPSA) is 62.3 Å². The number of benzene rings is 2. The highest BCUT2D eigenvalue weighted by atomic mass is 19.4. The van der Waals surface area contributed by atoms with Crippen LogP contribution in [0.4, 0.5) is 30.6 Å². The van der Waals surface area contributed by atoms with Gasteiger partial charge in [0.1, 0.15) is 5.56 Å². The molecule has 0 amide bonds. The van der Waals surface area contributed by atoms with Crippen molar-refractivity contribution in [1.82, 2.24) is 15.3 Å². The molecule has 2 aliphatic heterocycles. The predicted molar refractivity (Wildman–Crippen MR) is 114 cm³/mol. The summed E-state index contributed by atoms with van der Waals surface area (Å²) in [5.74, 6) is -0.208. The molecule has 0 saturated carbocycles. The molecule has 166 valence electrons. The molecule has 0 aliphatic carbocycles. The number of rotatable bonds is 4. The second-order valence-corrected chi connectivity index (χ2v) is 7.84. The Hall–Kier alpha value is -3.17. The molecule has 6 nitrogen and oxygen atoms in total. The van der Waals surface area contributed by atoms with Crippen molar-refractivity contribution in [2.24, 2.45) is 0 Å². The van der Waals surface area contributed by atoms with Gasteiger partial charge in [0, 0.05) is 24.8 Å². The fourth-order valence-corrected chi connectivity index (χ4v) is 4.14. The first-order chi connectivity index (χ1) is 15.5. The second kappa shape index (κ2) is 8.40. The van der Waals surface area contributed by atoms with Crippen molar-refractivity contribution in [2.45, 2.75) is 31.6 Å². The molecule has 2 aliphatic rings. The number of halogens is 3. The molecule has 2 N–H and O–H groups in total. The van der Waals surface area contributed by atoms with Crippen LogP contribution in [0.25, 0.3) is 0 Å². The Labute approximate surface area is 183 Å². The fraction of sp³-hybridized carbons (Fsp3) is 0.304. The van der Waals surface area contributed by atoms with Crippen molar-refractivity contribution in [3.8, 4) is 0 Å². The number of anilines is 3. The third-order valence-corrected chi connectivity index (χ3v) is 5.72. The van der Waals surface area contributed by atoms with Crippen molar-refractivity contribution in [2.75, 3.05) is 23.5 Å². The Morgan fingerprint density at radius 1 is 1.09 bits per heavy atom. The maximum atomic E-state index is 13.8. The second-order valence-electron chi connectivity index (χ2n) is 7.84. The van der Waals surface area contributed by atoms with Crippen molar-refractivity contribution in [3.05, 3.63) is 77.0 Å². The van der Waals surface area contributed by atoms with Gasteiger partial charge in [0.2, 0.25) is 5.95 Å². The number of hydroxylamine groups is 1. The largest absolute Gasteiger partial charge is 0.421 e. The Bertz CT molecular complexity index is 1110. The molecule has 5 rings (SSSR count). The van der Waals surface area contributed by atoms with Gasteiger partial charge in [-0.2, -0.15) is 18.2 Å². The summed E-state index contributed by atoms with van der Waals surface area (Å²) in [4.78, 5) is 13.8. The minimum atomic E-state index is -4.61. The lowest BCUT2D eigenvalue weighted by atomic mass is 10.0. The monoisotopic (exact) mass is 441 g/mol. The molecule has 0 spiro atoms. The molecule has 1 aromatic heterocycles. The number of hydrogen-bond acceptors (Lipinski definition) is 6. The van der Waals surface area contributed by atoms with E-state index >= 15 is 0 Å². The van der Waals surface area contributed by atoms with Crippen LogP contribution in [0.5, 0.6) is 0 Å². The highest BCUT2D eigenvalue weighted by Crippen LogP contribution is 2.41. The lowest BCUT2D eigenvalue weighted by Gasteiger charge is -2.26. The van der Waals surface area contributed by atoms with E-state index < -0.39 is 11.7 Å². The summed E-state index contributed by atoms with van der Waals surface area (Å²) in [6.07, 6.45) is -2.29. The molecule has 0 bridgehead atoms. The SMILES string of the molecule is FC(F)(F)c1cnc(Nc2ccc3c(c2)CNCC3)nc1N1OCC[C@H]1c1ccccc1. The van der Waals surface area contributed by atoms with E-state index in [1.165, 1.54) is 10.6 Å². The molecule has 0 unspecified atom stereocenters. The molecule has 9 heteroatoms. The van der Waals surface area contributed by atoms with Crippen LogP contribution in [-0.2, 0) is 24.0 Å². The summed E-state index contributed by atoms with van der Waals surface area (Å²) in [7, 11) is 0. The van der Waals surface area contributed by atoms with Crippen LogP contribution in [-0.4, -0.2) is 23.1 Å². The molecule has 1 atom stereocenters. The van der Waals surface area contributed by atoms with Gasteiger partial charge < -0.3 is 10.6 Å². The smallest absolute Gasteiger partial charge is 0.324 e. The molecule has 1 fully saturated rings. The molecule has 1 saturated heterocycles. The highest BCUT2D eigenvalue weighted by molar-refractivity contribution is 5.59. The third-order valence-electron chi connectivity index (χ3n) is 5.72. The van der Waals surface area contributed by atoms with E-state index in [0.717, 1.165) is 42.5 Å². The van der Waals surface area contributed by atoms with E-state index in [-0.39, 0.29) is 17.8 Å². The summed E-state index contributed by atoms with van der Waals surface area (Å²) < 4.78 is 41.4. The fourth-order valence-electron chi connectivity index (χ4n) is 4.14. The number of fused-ring (bicyclic) bond motifs is 1. The Morgan fingerprint density at radius 3 is 2.75 bits per heavy atom. The van der Waals surface area contributed by atoms with Crippen LogP contribution in [0.3, 0.4) is 0 Å². The third kappa shape index (κ3) is 4.13. The first-order valence-electron chi connectivity index (χ1n) is 10.5. The zero-order chi connectivity index (χ0) is 22.1. The Morgan fingerprint density at radius 2 is 1.94 bits per heavy atom. The van der Waals surface area contributed by atoms with Crippen LogP contribution in [0.1, 0.15) is 34.7 Å². The molecule has 3 heterocycles. The van der Waals surface area contributed by atoms with Gasteiger partial charge >= 0.3 is 6.18 Å². The van der Waals surface area contributed by atoms with Gasteiger partial charge in [-0.1, -0.05) is 36.4 Å². The van der Waals surface area contributed by atoms with Gasteiger partial charge in [-0.3, -0.25) is 4.84 Å². The molecule has 0 radical (unpaired) electrons. The lowest BCUT2D eigenvalue weighted by molar-refractivity contribution is -0.138. The zero-order valence-corrected chi connectivity index (χ0v) is 17.2. The summed E-state index contributed by atoms with van der Waals surface area (Å²) in [5, 5.41) is 7.63. The van der Waals surface area contributed by atoms with Crippen molar-refractivity contribution < 1.29 is 18.0 Å². The van der Waals surface area contributed by atoms with Gasteiger partial charge in [-0.15, -0.1) is 0 Å². The quantitative estimate of drug-likeness (QED) is 0.608. The Kier molecular flexibility index (Phi) is 5.44. The first kappa shape index (κ1) is 20.7. The summed E-state index contributed by atoms with van der Waals surface area (Å²) in [6, 6.07) is 14.9. The molecule has 2 aromatic carbocycles. The Balaban J connectivity index is 1.49. The number of alkyl halides is 3. The van der Waals surface area contributed by atoms with Crippen molar-refractivity contribution in [3.63, 3.8) is 0 Å². The minimum Gasteiger partial charge on any atom is -0.324 e. The average molecular weight is 441 g/mol. The maximum absolute atomic E-state index is 13.8. The van der Waals surface area contributed by atoms with Gasteiger partial charge in [-0.25, -0.2) is 10.0 Å². The van der Waals surface area contributed by atoms with Gasteiger partial charge in [0.05, 0.1) is 12.6 Å². The summed E-state index contributed by atoms with van der Waals surface area (Å²) in [6.45, 7) is 2.00. The molecule has 32 heavy (non-hydrogen) atoms. The van der Waals surface area contributed by atoms with Crippen LogP contribution in [0.2, 0.25) is 0 Å². The standard InChI is InChI=1S/C23H22F3N5O/c24-23(25,26)19-14-28-22(29-18-7-6-15-8-10-27-13-17(15)12-18)30-21(19)31-20(9-11-32-31)16-4-2-1-3-5-16/h1-7,12,14,20,27H,8-11,13H2,(H,28,29,30)/t20-/m0/s1. The molecular formula is C23H22F3N5O. The maximum Gasteiger partial charge on any atom is 0.421 e. The van der Waals surface area contributed by atoms with E-state index in [1.807, 2.05) is 48.5 Å². The van der Waals surface area contributed by atoms with E-state index in [0.29, 0.717) is 13.0 Å². The van der Waals surface area contributed by atoms with Gasteiger partial charge in [-0.05, 0) is 41.8 Å². The lowest BCUT2D eigenvalue weighted by Crippen LogP contribution is -2.26. The number of nitrogens with one attached hydrogen (secondary N) is 2. The minimum absolute atomic E-state index is 0.0824. The van der Waals surface area contributed by atoms with Crippen LogP contribution < -0.4 is 15.7 Å². The predicted octanol–water partition coefficient (Wildman–Crippen LogP) is 4.77. The normalized spacial score (nSPS) is 18.5. The summed E-state index contributed by atoms with van der Waals surface area (Å²) in [5.41, 5.74) is 3.08. The van der Waals surface area contributed by atoms with Crippen LogP contribution >= 0.6 is 0 Å². The van der Waals surface area contributed by atoms with Gasteiger partial charge in [0.15, 0.2) is 5.82 Å². The van der Waals surface area contributed by atoms with Crippen molar-refractivity contribution >= 4 is 17.5 Å².